The van der Waals surface area contributed by atoms with Crippen molar-refractivity contribution in [1.29, 1.82) is 0 Å². The van der Waals surface area contributed by atoms with E-state index in [1.807, 2.05) is 22.7 Å². The molecule has 0 N–H and O–H groups in total. The minimum Gasteiger partial charge on any atom is -0.134 e. The Kier molecular flexibility index (Phi) is 4.56. The van der Waals surface area contributed by atoms with Crippen molar-refractivity contribution in [3.8, 4) is 30.6 Å². The van der Waals surface area contributed by atoms with Gasteiger partial charge in [-0.15, -0.1) is 22.7 Å². The first-order chi connectivity index (χ1) is 12.5. The van der Waals surface area contributed by atoms with Crippen LogP contribution >= 0.6 is 22.7 Å². The van der Waals surface area contributed by atoms with Gasteiger partial charge in [-0.25, -0.2) is 0 Å². The molecule has 4 rings (SSSR count). The van der Waals surface area contributed by atoms with Crippen LogP contribution in [0.4, 0.5) is 0 Å². The molecule has 2 aromatic carbocycles. The molecular weight excluding hydrogens is 352 g/mol. The molecule has 0 bridgehead atoms. The molecule has 2 heteroatoms. The number of hydrogen-bond acceptors (Lipinski definition) is 2. The van der Waals surface area contributed by atoms with Gasteiger partial charge in [0.25, 0.3) is 0 Å². The highest BCUT2D eigenvalue weighted by atomic mass is 32.1. The largest absolute Gasteiger partial charge is 0.134 e. The minimum atomic E-state index is 1.31. The van der Waals surface area contributed by atoms with E-state index in [1.165, 1.54) is 52.9 Å². The second-order valence-electron chi connectivity index (χ2n) is 6.96. The van der Waals surface area contributed by atoms with Gasteiger partial charge in [0, 0.05) is 19.5 Å². The Hall–Kier alpha value is -2.16. The van der Waals surface area contributed by atoms with Gasteiger partial charge in [0.2, 0.25) is 0 Å². The van der Waals surface area contributed by atoms with Crippen molar-refractivity contribution >= 4 is 22.7 Å². The molecule has 0 amide bonds. The normalized spacial score (nSPS) is 11.1. The zero-order chi connectivity index (χ0) is 18.3. The van der Waals surface area contributed by atoms with Gasteiger partial charge in [0.1, 0.15) is 0 Å². The fourth-order valence-electron chi connectivity index (χ4n) is 3.23. The first-order valence-corrected chi connectivity index (χ1v) is 10.5. The van der Waals surface area contributed by atoms with Crippen LogP contribution in [0.3, 0.4) is 0 Å². The Morgan fingerprint density at radius 1 is 0.462 bits per heavy atom. The molecule has 0 aliphatic heterocycles. The Morgan fingerprint density at radius 2 is 0.846 bits per heavy atom. The van der Waals surface area contributed by atoms with E-state index in [0.29, 0.717) is 0 Å². The van der Waals surface area contributed by atoms with E-state index in [4.69, 9.17) is 0 Å². The summed E-state index contributed by atoms with van der Waals surface area (Å²) in [6, 6.07) is 22.4. The minimum absolute atomic E-state index is 1.31. The van der Waals surface area contributed by atoms with Crippen LogP contribution in [0.1, 0.15) is 22.3 Å². The number of benzene rings is 2. The summed E-state index contributed by atoms with van der Waals surface area (Å²) in [5.41, 5.74) is 8.01. The van der Waals surface area contributed by atoms with E-state index in [0.717, 1.165) is 0 Å². The number of hydrogen-bond donors (Lipinski definition) is 0. The van der Waals surface area contributed by atoms with Crippen LogP contribution in [0.25, 0.3) is 30.6 Å². The number of aryl methyl sites for hydroxylation is 4. The monoisotopic (exact) mass is 374 g/mol. The highest BCUT2D eigenvalue weighted by Crippen LogP contribution is 2.41. The van der Waals surface area contributed by atoms with Crippen molar-refractivity contribution in [2.24, 2.45) is 0 Å². The predicted molar refractivity (Wildman–Crippen MR) is 117 cm³/mol. The predicted octanol–water partition coefficient (Wildman–Crippen LogP) is 8.04. The summed E-state index contributed by atoms with van der Waals surface area (Å²) < 4.78 is 0. The summed E-state index contributed by atoms with van der Waals surface area (Å²) >= 11 is 3.78. The lowest BCUT2D eigenvalue weighted by molar-refractivity contribution is 1.40. The average Bonchev–Trinajstić information content (AvgIpc) is 3.28. The molecule has 26 heavy (non-hydrogen) atoms. The second kappa shape index (κ2) is 6.86. The van der Waals surface area contributed by atoms with Gasteiger partial charge in [-0.05, 0) is 74.2 Å². The molecule has 4 aromatic rings. The molecule has 0 saturated carbocycles. The third kappa shape index (κ3) is 3.27. The van der Waals surface area contributed by atoms with Crippen LogP contribution in [-0.2, 0) is 0 Å². The van der Waals surface area contributed by atoms with Gasteiger partial charge >= 0.3 is 0 Å². The topological polar surface area (TPSA) is 0 Å². The maximum Gasteiger partial charge on any atom is 0.0449 e. The van der Waals surface area contributed by atoms with Crippen molar-refractivity contribution < 1.29 is 0 Å². The molecule has 0 radical (unpaired) electrons. The molecule has 2 heterocycles. The van der Waals surface area contributed by atoms with Gasteiger partial charge in [-0.1, -0.05) is 47.5 Å². The number of rotatable bonds is 3. The van der Waals surface area contributed by atoms with Crippen LogP contribution in [0, 0.1) is 27.7 Å². The van der Waals surface area contributed by atoms with E-state index >= 15 is 0 Å². The Bertz CT molecular complexity index is 992. The molecule has 0 nitrogen and oxygen atoms in total. The fraction of sp³-hybridized carbons (Fsp3) is 0.167. The summed E-state index contributed by atoms with van der Waals surface area (Å²) in [5, 5.41) is 0. The maximum atomic E-state index is 2.29. The summed E-state index contributed by atoms with van der Waals surface area (Å²) in [4.78, 5) is 5.40. The smallest absolute Gasteiger partial charge is 0.0449 e. The first-order valence-electron chi connectivity index (χ1n) is 8.86. The van der Waals surface area contributed by atoms with Crippen LogP contribution in [-0.4, -0.2) is 0 Å². The standard InChI is InChI=1S/C24H22S2/c1-15-5-7-17(3)19(13-15)21-9-11-23(25-21)24-12-10-22(26-24)20-14-16(2)6-8-18(20)4/h5-14H,1-4H3. The molecule has 0 aliphatic rings. The third-order valence-corrected chi connectivity index (χ3v) is 7.20. The van der Waals surface area contributed by atoms with E-state index in [1.54, 1.807) is 0 Å². The van der Waals surface area contributed by atoms with Crippen LogP contribution < -0.4 is 0 Å². The molecule has 130 valence electrons. The van der Waals surface area contributed by atoms with Crippen LogP contribution in [0.2, 0.25) is 0 Å². The van der Waals surface area contributed by atoms with Gasteiger partial charge in [-0.3, -0.25) is 0 Å². The molecule has 0 fully saturated rings. The zero-order valence-electron chi connectivity index (χ0n) is 15.6. The van der Waals surface area contributed by atoms with E-state index < -0.39 is 0 Å². The van der Waals surface area contributed by atoms with Gasteiger partial charge < -0.3 is 0 Å². The SMILES string of the molecule is Cc1ccc(C)c(-c2ccc(-c3ccc(-c4cc(C)ccc4C)s3)s2)c1. The van der Waals surface area contributed by atoms with Crippen molar-refractivity contribution in [2.45, 2.75) is 27.7 Å². The molecular formula is C24H22S2. The lowest BCUT2D eigenvalue weighted by atomic mass is 10.0. The quantitative estimate of drug-likeness (QED) is 0.340. The van der Waals surface area contributed by atoms with Crippen LogP contribution in [0.5, 0.6) is 0 Å². The summed E-state index contributed by atoms with van der Waals surface area (Å²) in [5.74, 6) is 0. The molecule has 0 unspecified atom stereocenters. The first kappa shape index (κ1) is 17.3. The summed E-state index contributed by atoms with van der Waals surface area (Å²) in [7, 11) is 0. The zero-order valence-corrected chi connectivity index (χ0v) is 17.2. The fourth-order valence-corrected chi connectivity index (χ4v) is 5.50. The molecule has 0 aliphatic carbocycles. The van der Waals surface area contributed by atoms with Crippen molar-refractivity contribution in [1.82, 2.24) is 0 Å². The molecule has 0 atom stereocenters. The Balaban J connectivity index is 1.70. The Labute approximate surface area is 163 Å². The highest BCUT2D eigenvalue weighted by molar-refractivity contribution is 7.25. The molecule has 2 aromatic heterocycles. The van der Waals surface area contributed by atoms with E-state index in [-0.39, 0.29) is 0 Å². The Morgan fingerprint density at radius 3 is 1.27 bits per heavy atom. The van der Waals surface area contributed by atoms with E-state index in [9.17, 15) is 0 Å². The lowest BCUT2D eigenvalue weighted by Crippen LogP contribution is -1.81. The van der Waals surface area contributed by atoms with E-state index in [2.05, 4.69) is 88.4 Å². The summed E-state index contributed by atoms with van der Waals surface area (Å²) in [6.07, 6.45) is 0. The number of thiophene rings is 2. The molecule has 0 spiro atoms. The van der Waals surface area contributed by atoms with Crippen LogP contribution in [0.15, 0.2) is 60.7 Å². The second-order valence-corrected chi connectivity index (χ2v) is 9.13. The average molecular weight is 375 g/mol. The van der Waals surface area contributed by atoms with Gasteiger partial charge in [-0.2, -0.15) is 0 Å². The van der Waals surface area contributed by atoms with Crippen molar-refractivity contribution in [3.63, 3.8) is 0 Å². The maximum absolute atomic E-state index is 2.29. The molecule has 0 saturated heterocycles. The summed E-state index contributed by atoms with van der Waals surface area (Å²) in [6.45, 7) is 8.70. The lowest BCUT2D eigenvalue weighted by Gasteiger charge is -2.04. The van der Waals surface area contributed by atoms with Gasteiger partial charge in [0.15, 0.2) is 0 Å². The van der Waals surface area contributed by atoms with Crippen molar-refractivity contribution in [2.75, 3.05) is 0 Å². The highest BCUT2D eigenvalue weighted by Gasteiger charge is 2.11. The third-order valence-electron chi connectivity index (χ3n) is 4.77. The van der Waals surface area contributed by atoms with Crippen molar-refractivity contribution in [3.05, 3.63) is 82.9 Å². The van der Waals surface area contributed by atoms with Gasteiger partial charge in [0.05, 0.1) is 0 Å².